The molecule has 246 valence electrons. The van der Waals surface area contributed by atoms with Gasteiger partial charge >= 0.3 is 18.0 Å². The summed E-state index contributed by atoms with van der Waals surface area (Å²) in [5.74, 6) is -2.06. The molecule has 0 aromatic heterocycles. The normalized spacial score (nSPS) is 16.7. The van der Waals surface area contributed by atoms with Crippen molar-refractivity contribution in [1.29, 1.82) is 0 Å². The number of carbonyl (C=O) groups excluding carboxylic acids is 4. The second-order valence-electron chi connectivity index (χ2n) is 12.6. The number of hydrogen-bond acceptors (Lipinski definition) is 5. The summed E-state index contributed by atoms with van der Waals surface area (Å²) in [6, 6.07) is 22.1. The fraction of sp³-hybridized carbons (Fsp3) is 0.361. The van der Waals surface area contributed by atoms with Gasteiger partial charge in [0.15, 0.2) is 0 Å². The highest BCUT2D eigenvalue weighted by atomic mass is 16.4. The van der Waals surface area contributed by atoms with E-state index in [1.807, 2.05) is 32.0 Å². The van der Waals surface area contributed by atoms with Gasteiger partial charge in [0.25, 0.3) is 5.91 Å². The lowest BCUT2D eigenvalue weighted by atomic mass is 9.93. The number of para-hydroxylation sites is 1. The van der Waals surface area contributed by atoms with Crippen LogP contribution in [0.1, 0.15) is 69.5 Å². The second kappa shape index (κ2) is 14.5. The van der Waals surface area contributed by atoms with Crippen molar-refractivity contribution in [3.63, 3.8) is 0 Å². The molecule has 1 saturated heterocycles. The molecule has 3 aromatic carbocycles. The van der Waals surface area contributed by atoms with Crippen molar-refractivity contribution < 1.29 is 29.1 Å². The van der Waals surface area contributed by atoms with Gasteiger partial charge in [0.05, 0.1) is 12.5 Å². The van der Waals surface area contributed by atoms with Crippen molar-refractivity contribution >= 4 is 41.2 Å². The highest BCUT2D eigenvalue weighted by molar-refractivity contribution is 6.10. The lowest BCUT2D eigenvalue weighted by molar-refractivity contribution is -0.141. The van der Waals surface area contributed by atoms with Crippen molar-refractivity contribution in [1.82, 2.24) is 15.1 Å². The van der Waals surface area contributed by atoms with Gasteiger partial charge in [-0.2, -0.15) is 0 Å². The third kappa shape index (κ3) is 7.62. The molecule has 3 aromatic rings. The summed E-state index contributed by atoms with van der Waals surface area (Å²) in [4.78, 5) is 69.3. The number of nitrogens with one attached hydrogen (secondary N) is 3. The summed E-state index contributed by atoms with van der Waals surface area (Å²) in [7, 11) is 0. The van der Waals surface area contributed by atoms with E-state index in [0.29, 0.717) is 29.8 Å². The number of urea groups is 2. The molecule has 11 nitrogen and oxygen atoms in total. The van der Waals surface area contributed by atoms with Crippen LogP contribution in [0.25, 0.3) is 0 Å². The Morgan fingerprint density at radius 2 is 1.40 bits per heavy atom. The highest BCUT2D eigenvalue weighted by Crippen LogP contribution is 2.44. The second-order valence-corrected chi connectivity index (χ2v) is 12.6. The van der Waals surface area contributed by atoms with E-state index in [4.69, 9.17) is 0 Å². The summed E-state index contributed by atoms with van der Waals surface area (Å²) >= 11 is 0. The van der Waals surface area contributed by atoms with Gasteiger partial charge in [-0.25, -0.2) is 14.5 Å². The lowest BCUT2D eigenvalue weighted by Gasteiger charge is -2.31. The van der Waals surface area contributed by atoms with Crippen LogP contribution in [0.4, 0.5) is 21.0 Å². The largest absolute Gasteiger partial charge is 0.481 e. The standard InChI is InChI=1S/C36H41N5O6/c1-24(2)21-30(32(44)39-29(22-31(42)43)26-11-5-3-6-12-26)41-33(45)36(19-9-10-20-36)40(35(41)47)23-25-15-17-28(18-16-25)38-34(46)37-27-13-7-4-8-14-27/h3-8,11-18,24,29-30H,9-10,19-23H2,1-2H3,(H,39,44)(H,42,43)(H2,37,38,46). The number of rotatable bonds is 12. The van der Waals surface area contributed by atoms with Gasteiger partial charge in [0.1, 0.15) is 11.6 Å². The number of carboxylic acids is 1. The number of carbonyl (C=O) groups is 5. The van der Waals surface area contributed by atoms with Crippen molar-refractivity contribution in [2.24, 2.45) is 5.92 Å². The molecule has 4 N–H and O–H groups in total. The molecular weight excluding hydrogens is 598 g/mol. The molecule has 47 heavy (non-hydrogen) atoms. The first kappa shape index (κ1) is 33.2. The Morgan fingerprint density at radius 1 is 0.830 bits per heavy atom. The number of nitrogens with zero attached hydrogens (tertiary/aromatic N) is 2. The molecule has 1 saturated carbocycles. The molecule has 1 aliphatic carbocycles. The zero-order valence-corrected chi connectivity index (χ0v) is 26.6. The SMILES string of the molecule is CC(C)CC(C(=O)NC(CC(=O)O)c1ccccc1)N1C(=O)N(Cc2ccc(NC(=O)Nc3ccccc3)cc2)C2(CCCC2)C1=O. The van der Waals surface area contributed by atoms with E-state index in [-0.39, 0.29) is 31.2 Å². The molecule has 5 rings (SSSR count). The maximum Gasteiger partial charge on any atom is 0.328 e. The summed E-state index contributed by atoms with van der Waals surface area (Å²) in [5, 5.41) is 18.0. The number of aliphatic carboxylic acids is 1. The van der Waals surface area contributed by atoms with Gasteiger partial charge in [0, 0.05) is 17.9 Å². The van der Waals surface area contributed by atoms with Crippen LogP contribution in [0, 0.1) is 5.92 Å². The maximum absolute atomic E-state index is 14.3. The van der Waals surface area contributed by atoms with Crippen LogP contribution in [0.5, 0.6) is 0 Å². The van der Waals surface area contributed by atoms with Crippen LogP contribution in [0.15, 0.2) is 84.9 Å². The third-order valence-electron chi connectivity index (χ3n) is 8.79. The fourth-order valence-electron chi connectivity index (χ4n) is 6.52. The number of carboxylic acid groups (broad SMARTS) is 1. The van der Waals surface area contributed by atoms with E-state index in [1.54, 1.807) is 71.6 Å². The fourth-order valence-corrected chi connectivity index (χ4v) is 6.52. The first-order valence-corrected chi connectivity index (χ1v) is 16.0. The Morgan fingerprint density at radius 3 is 1.98 bits per heavy atom. The molecule has 1 aliphatic heterocycles. The van der Waals surface area contributed by atoms with Gasteiger partial charge in [0.2, 0.25) is 5.91 Å². The summed E-state index contributed by atoms with van der Waals surface area (Å²) in [6.45, 7) is 3.98. The number of hydrogen-bond donors (Lipinski definition) is 4. The minimum absolute atomic E-state index is 0.0336. The zero-order chi connectivity index (χ0) is 33.6. The summed E-state index contributed by atoms with van der Waals surface area (Å²) < 4.78 is 0. The summed E-state index contributed by atoms with van der Waals surface area (Å²) in [6.07, 6.45) is 2.43. The van der Waals surface area contributed by atoms with E-state index < -0.39 is 41.6 Å². The smallest absolute Gasteiger partial charge is 0.328 e. The molecule has 2 atom stereocenters. The Balaban J connectivity index is 1.35. The molecule has 6 amide bonds. The number of imide groups is 1. The van der Waals surface area contributed by atoms with Gasteiger partial charge < -0.3 is 26.0 Å². The molecular formula is C36H41N5O6. The van der Waals surface area contributed by atoms with E-state index in [9.17, 15) is 29.1 Å². The Labute approximate surface area is 274 Å². The third-order valence-corrected chi connectivity index (χ3v) is 8.79. The number of amides is 6. The van der Waals surface area contributed by atoms with E-state index in [0.717, 1.165) is 23.3 Å². The monoisotopic (exact) mass is 639 g/mol. The predicted molar refractivity (Wildman–Crippen MR) is 177 cm³/mol. The number of benzene rings is 3. The van der Waals surface area contributed by atoms with Crippen LogP contribution in [-0.4, -0.2) is 56.3 Å². The van der Waals surface area contributed by atoms with E-state index >= 15 is 0 Å². The molecule has 2 unspecified atom stereocenters. The highest BCUT2D eigenvalue weighted by Gasteiger charge is 2.60. The van der Waals surface area contributed by atoms with Crippen molar-refractivity contribution in [2.45, 2.75) is 76.5 Å². The topological polar surface area (TPSA) is 148 Å². The Kier molecular flexibility index (Phi) is 10.2. The molecule has 1 heterocycles. The Hall–Kier alpha value is -5.19. The van der Waals surface area contributed by atoms with Gasteiger partial charge in [-0.3, -0.25) is 14.4 Å². The molecule has 11 heteroatoms. The summed E-state index contributed by atoms with van der Waals surface area (Å²) in [5.41, 5.74) is 1.55. The van der Waals surface area contributed by atoms with Crippen LogP contribution in [0.2, 0.25) is 0 Å². The van der Waals surface area contributed by atoms with Crippen LogP contribution in [-0.2, 0) is 20.9 Å². The van der Waals surface area contributed by atoms with Crippen LogP contribution >= 0.6 is 0 Å². The maximum atomic E-state index is 14.3. The van der Waals surface area contributed by atoms with Gasteiger partial charge in [-0.05, 0) is 60.6 Å². The van der Waals surface area contributed by atoms with Gasteiger partial charge in [-0.15, -0.1) is 0 Å². The first-order chi connectivity index (χ1) is 22.6. The quantitative estimate of drug-likeness (QED) is 0.175. The molecule has 0 bridgehead atoms. The number of anilines is 2. The van der Waals surface area contributed by atoms with E-state index in [2.05, 4.69) is 16.0 Å². The molecule has 1 spiro atoms. The average molecular weight is 640 g/mol. The molecule has 0 radical (unpaired) electrons. The Bertz CT molecular complexity index is 1590. The van der Waals surface area contributed by atoms with Crippen molar-refractivity contribution in [3.05, 3.63) is 96.1 Å². The van der Waals surface area contributed by atoms with Gasteiger partial charge in [-0.1, -0.05) is 87.4 Å². The van der Waals surface area contributed by atoms with Crippen LogP contribution in [0.3, 0.4) is 0 Å². The predicted octanol–water partition coefficient (Wildman–Crippen LogP) is 6.15. The van der Waals surface area contributed by atoms with Crippen molar-refractivity contribution in [3.8, 4) is 0 Å². The lowest BCUT2D eigenvalue weighted by Crippen LogP contribution is -2.52. The minimum atomic E-state index is -1.10. The first-order valence-electron chi connectivity index (χ1n) is 16.0. The van der Waals surface area contributed by atoms with Crippen molar-refractivity contribution in [2.75, 3.05) is 10.6 Å². The molecule has 2 aliphatic rings. The molecule has 2 fully saturated rings. The zero-order valence-electron chi connectivity index (χ0n) is 26.6. The average Bonchev–Trinajstić information content (AvgIpc) is 3.61. The van der Waals surface area contributed by atoms with E-state index in [1.165, 1.54) is 0 Å². The van der Waals surface area contributed by atoms with Crippen LogP contribution < -0.4 is 16.0 Å². The minimum Gasteiger partial charge on any atom is -0.481 e.